The van der Waals surface area contributed by atoms with Crippen LogP contribution in [-0.4, -0.2) is 39.3 Å². The maximum absolute atomic E-state index is 13.4. The zero-order valence-corrected chi connectivity index (χ0v) is 21.8. The predicted octanol–water partition coefficient (Wildman–Crippen LogP) is 5.56. The third-order valence-electron chi connectivity index (χ3n) is 8.07. The summed E-state index contributed by atoms with van der Waals surface area (Å²) in [6.45, 7) is 4.98. The monoisotopic (exact) mass is 564 g/mol. The summed E-state index contributed by atoms with van der Waals surface area (Å²) < 4.78 is 83.5. The van der Waals surface area contributed by atoms with E-state index in [-0.39, 0.29) is 40.3 Å². The molecule has 2 aliphatic rings. The van der Waals surface area contributed by atoms with Crippen molar-refractivity contribution in [3.05, 3.63) is 50.4 Å². The van der Waals surface area contributed by atoms with E-state index in [1.165, 1.54) is 0 Å². The molecule has 1 saturated heterocycles. The van der Waals surface area contributed by atoms with E-state index in [2.05, 4.69) is 19.6 Å². The highest BCUT2D eigenvalue weighted by molar-refractivity contribution is 7.02. The van der Waals surface area contributed by atoms with E-state index in [0.29, 0.717) is 30.8 Å². The highest BCUT2D eigenvalue weighted by Gasteiger charge is 2.49. The van der Waals surface area contributed by atoms with E-state index >= 15 is 0 Å². The zero-order chi connectivity index (χ0) is 27.9. The Morgan fingerprint density at radius 2 is 1.71 bits per heavy atom. The van der Waals surface area contributed by atoms with Gasteiger partial charge in [-0.05, 0) is 74.9 Å². The number of halogens is 6. The van der Waals surface area contributed by atoms with E-state index in [4.69, 9.17) is 0 Å². The van der Waals surface area contributed by atoms with Crippen molar-refractivity contribution < 1.29 is 31.1 Å². The molecule has 0 bridgehead atoms. The normalized spacial score (nSPS) is 23.8. The molecule has 0 radical (unpaired) electrons. The molecule has 0 spiro atoms. The largest absolute Gasteiger partial charge is 0.416 e. The van der Waals surface area contributed by atoms with Crippen LogP contribution in [0.15, 0.2) is 23.0 Å². The molecule has 4 rings (SSSR count). The molecule has 1 amide bonds. The summed E-state index contributed by atoms with van der Waals surface area (Å²) in [6.07, 6.45) is -6.32. The maximum Gasteiger partial charge on any atom is 0.416 e. The summed E-state index contributed by atoms with van der Waals surface area (Å²) in [4.78, 5) is 29.8. The number of aromatic nitrogens is 2. The van der Waals surface area contributed by atoms with Crippen molar-refractivity contribution in [1.29, 1.82) is 0 Å². The first-order valence-electron chi connectivity index (χ1n) is 12.6. The fraction of sp³-hybridized carbons (Fsp3) is 0.640. The van der Waals surface area contributed by atoms with Gasteiger partial charge in [0.15, 0.2) is 0 Å². The fourth-order valence-electron chi connectivity index (χ4n) is 5.79. The van der Waals surface area contributed by atoms with E-state index in [1.54, 1.807) is 0 Å². The van der Waals surface area contributed by atoms with Gasteiger partial charge in [0.05, 0.1) is 16.5 Å². The average molecular weight is 565 g/mol. The van der Waals surface area contributed by atoms with Gasteiger partial charge in [0, 0.05) is 30.0 Å². The Hall–Kier alpha value is -2.41. The second-order valence-electron chi connectivity index (χ2n) is 10.6. The molecule has 2 atom stereocenters. The molecular weight excluding hydrogens is 534 g/mol. The number of aromatic amines is 1. The SMILES string of the molecule is CC(C)[C@]1(C(=O)NCc2cc(C(F)(F)F)cc(C(F)(F)F)c2)CC[C@@H](N2CCC(c3nsc(=O)[nH]3)CC2)C1. The highest BCUT2D eigenvalue weighted by atomic mass is 32.1. The summed E-state index contributed by atoms with van der Waals surface area (Å²) in [5.74, 6) is 0.470. The lowest BCUT2D eigenvalue weighted by atomic mass is 9.74. The smallest absolute Gasteiger partial charge is 0.352 e. The van der Waals surface area contributed by atoms with E-state index < -0.39 is 35.4 Å². The van der Waals surface area contributed by atoms with Crippen LogP contribution < -0.4 is 10.2 Å². The predicted molar refractivity (Wildman–Crippen MR) is 129 cm³/mol. The van der Waals surface area contributed by atoms with Crippen LogP contribution in [0.1, 0.15) is 74.4 Å². The molecule has 2 aromatic rings. The zero-order valence-electron chi connectivity index (χ0n) is 21.0. The number of benzene rings is 1. The van der Waals surface area contributed by atoms with Crippen molar-refractivity contribution in [2.45, 2.75) is 76.8 Å². The number of carbonyl (C=O) groups excluding carboxylic acids is 1. The molecule has 2 heterocycles. The molecule has 6 nitrogen and oxygen atoms in total. The molecule has 1 saturated carbocycles. The maximum atomic E-state index is 13.4. The first-order valence-corrected chi connectivity index (χ1v) is 13.3. The van der Waals surface area contributed by atoms with Gasteiger partial charge < -0.3 is 10.2 Å². The second kappa shape index (κ2) is 10.6. The topological polar surface area (TPSA) is 78.1 Å². The number of piperidine rings is 1. The number of carbonyl (C=O) groups is 1. The summed E-state index contributed by atoms with van der Waals surface area (Å²) >= 11 is 0.907. The first kappa shape index (κ1) is 28.6. The van der Waals surface area contributed by atoms with E-state index in [0.717, 1.165) is 43.9 Å². The molecule has 210 valence electrons. The first-order chi connectivity index (χ1) is 17.7. The molecule has 1 aromatic carbocycles. The van der Waals surface area contributed by atoms with Crippen LogP contribution in [0, 0.1) is 11.3 Å². The van der Waals surface area contributed by atoms with Gasteiger partial charge in [-0.3, -0.25) is 14.6 Å². The quantitative estimate of drug-likeness (QED) is 0.451. The number of nitrogens with one attached hydrogen (secondary N) is 2. The van der Waals surface area contributed by atoms with Gasteiger partial charge in [-0.1, -0.05) is 13.8 Å². The second-order valence-corrected chi connectivity index (χ2v) is 11.3. The minimum Gasteiger partial charge on any atom is -0.352 e. The summed E-state index contributed by atoms with van der Waals surface area (Å²) in [5, 5.41) is 2.64. The number of rotatable bonds is 6. The van der Waals surface area contributed by atoms with Gasteiger partial charge in [-0.2, -0.15) is 30.7 Å². The molecule has 2 fully saturated rings. The number of amides is 1. The van der Waals surface area contributed by atoms with Crippen molar-refractivity contribution in [3.8, 4) is 0 Å². The number of H-pyrrole nitrogens is 1. The fourth-order valence-corrected chi connectivity index (χ4v) is 6.31. The molecule has 1 aromatic heterocycles. The van der Waals surface area contributed by atoms with Crippen LogP contribution in [0.3, 0.4) is 0 Å². The van der Waals surface area contributed by atoms with Crippen LogP contribution in [0.5, 0.6) is 0 Å². The Labute approximate surface area is 220 Å². The Kier molecular flexibility index (Phi) is 8.00. The molecule has 0 unspecified atom stereocenters. The standard InChI is InChI=1S/C25H30F6N4O2S/c1-14(2)23(6-3-19(12-23)35-7-4-16(5-8-35)20-33-22(37)38-34-20)21(36)32-13-15-9-17(24(26,27)28)11-18(10-15)25(29,30)31/h9-11,14,16,19H,3-8,12-13H2,1-2H3,(H,32,36)(H,33,34,37)/t19-,23+/m1/s1. The Morgan fingerprint density at radius 3 is 2.21 bits per heavy atom. The lowest BCUT2D eigenvalue weighted by molar-refractivity contribution is -0.143. The van der Waals surface area contributed by atoms with Crippen molar-refractivity contribution in [3.63, 3.8) is 0 Å². The molecule has 1 aliphatic carbocycles. The third kappa shape index (κ3) is 6.08. The number of hydrogen-bond acceptors (Lipinski definition) is 5. The Morgan fingerprint density at radius 1 is 1.11 bits per heavy atom. The van der Waals surface area contributed by atoms with Crippen molar-refractivity contribution in [2.24, 2.45) is 11.3 Å². The molecule has 38 heavy (non-hydrogen) atoms. The summed E-state index contributed by atoms with van der Waals surface area (Å²) in [7, 11) is 0. The van der Waals surface area contributed by atoms with E-state index in [1.807, 2.05) is 13.8 Å². The van der Waals surface area contributed by atoms with E-state index in [9.17, 15) is 35.9 Å². The van der Waals surface area contributed by atoms with Crippen LogP contribution in [-0.2, 0) is 23.7 Å². The number of likely N-dealkylation sites (tertiary alicyclic amines) is 1. The Bertz CT molecular complexity index is 1170. The Balaban J connectivity index is 1.42. The number of hydrogen-bond donors (Lipinski definition) is 2. The minimum atomic E-state index is -4.94. The van der Waals surface area contributed by atoms with Crippen LogP contribution >= 0.6 is 11.5 Å². The van der Waals surface area contributed by atoms with Gasteiger partial charge in [-0.25, -0.2) is 0 Å². The molecule has 2 N–H and O–H groups in total. The van der Waals surface area contributed by atoms with Crippen molar-refractivity contribution in [2.75, 3.05) is 13.1 Å². The number of nitrogens with zero attached hydrogens (tertiary/aromatic N) is 2. The van der Waals surface area contributed by atoms with Gasteiger partial charge in [0.25, 0.3) is 0 Å². The lowest BCUT2D eigenvalue weighted by Crippen LogP contribution is -2.45. The average Bonchev–Trinajstić information content (AvgIpc) is 3.49. The van der Waals surface area contributed by atoms with Gasteiger partial charge in [0.1, 0.15) is 5.82 Å². The minimum absolute atomic E-state index is 0.0719. The van der Waals surface area contributed by atoms with Crippen LogP contribution in [0.25, 0.3) is 0 Å². The van der Waals surface area contributed by atoms with Gasteiger partial charge >= 0.3 is 17.2 Å². The van der Waals surface area contributed by atoms with Crippen molar-refractivity contribution in [1.82, 2.24) is 19.6 Å². The third-order valence-corrected chi connectivity index (χ3v) is 8.63. The van der Waals surface area contributed by atoms with Crippen LogP contribution in [0.4, 0.5) is 26.3 Å². The van der Waals surface area contributed by atoms with Crippen molar-refractivity contribution >= 4 is 17.4 Å². The summed E-state index contributed by atoms with van der Waals surface area (Å²) in [5.41, 5.74) is -3.82. The number of alkyl halides is 6. The van der Waals surface area contributed by atoms with Gasteiger partial charge in [-0.15, -0.1) is 0 Å². The van der Waals surface area contributed by atoms with Gasteiger partial charge in [0.2, 0.25) is 5.91 Å². The molecule has 13 heteroatoms. The summed E-state index contributed by atoms with van der Waals surface area (Å²) in [6, 6.07) is 1.52. The molecule has 1 aliphatic heterocycles. The molecular formula is C25H30F6N4O2S. The highest BCUT2D eigenvalue weighted by Crippen LogP contribution is 2.47. The van der Waals surface area contributed by atoms with Crippen LogP contribution in [0.2, 0.25) is 0 Å². The lowest BCUT2D eigenvalue weighted by Gasteiger charge is -2.37.